The van der Waals surface area contributed by atoms with Crippen molar-refractivity contribution in [3.8, 4) is 51.7 Å². The molecule has 2 aliphatic heterocycles. The normalized spacial score (nSPS) is 15.6. The summed E-state index contributed by atoms with van der Waals surface area (Å²) in [6, 6.07) is 18.2. The summed E-state index contributed by atoms with van der Waals surface area (Å²) in [7, 11) is 10.9. The van der Waals surface area contributed by atoms with E-state index in [1.807, 2.05) is 48.5 Å². The van der Waals surface area contributed by atoms with E-state index in [4.69, 9.17) is 47.5 Å². The SMILES string of the molecule is C=C(CCCOc1ccc(C2NC(=O)c3cc(OC)ccc3N2)cc1OC)Oc1c(OC)cc(C2CC(c3cc(OC)c(OC)c(OC)c3)=NO2)cc1OC. The molecule has 2 aliphatic rings. The summed E-state index contributed by atoms with van der Waals surface area (Å²) in [5, 5.41) is 10.7. The molecule has 6 rings (SSSR count). The van der Waals surface area contributed by atoms with Crippen molar-refractivity contribution in [1.29, 1.82) is 0 Å². The van der Waals surface area contributed by atoms with Crippen molar-refractivity contribution in [2.45, 2.75) is 31.5 Å². The van der Waals surface area contributed by atoms with Gasteiger partial charge in [-0.3, -0.25) is 4.79 Å². The Labute approximate surface area is 319 Å². The Bertz CT molecular complexity index is 2030. The van der Waals surface area contributed by atoms with Crippen LogP contribution in [0.1, 0.15) is 58.6 Å². The van der Waals surface area contributed by atoms with Crippen molar-refractivity contribution < 1.29 is 52.3 Å². The fourth-order valence-corrected chi connectivity index (χ4v) is 6.32. The number of allylic oxidation sites excluding steroid dienone is 1. The monoisotopic (exact) mass is 755 g/mol. The van der Waals surface area contributed by atoms with Gasteiger partial charge in [-0.1, -0.05) is 17.8 Å². The lowest BCUT2D eigenvalue weighted by Crippen LogP contribution is -2.38. The van der Waals surface area contributed by atoms with Crippen molar-refractivity contribution in [2.75, 3.05) is 61.7 Å². The Balaban J connectivity index is 1.05. The molecule has 14 heteroatoms. The van der Waals surface area contributed by atoms with Crippen molar-refractivity contribution in [2.24, 2.45) is 5.16 Å². The molecule has 14 nitrogen and oxygen atoms in total. The minimum Gasteiger partial charge on any atom is -0.497 e. The van der Waals surface area contributed by atoms with Crippen molar-refractivity contribution in [1.82, 2.24) is 5.32 Å². The van der Waals surface area contributed by atoms with Gasteiger partial charge in [-0.25, -0.2) is 0 Å². The van der Waals surface area contributed by atoms with Gasteiger partial charge in [0.2, 0.25) is 11.5 Å². The van der Waals surface area contributed by atoms with Gasteiger partial charge in [0.05, 0.1) is 73.4 Å². The first-order chi connectivity index (χ1) is 26.7. The molecule has 0 aromatic heterocycles. The molecule has 0 saturated carbocycles. The molecule has 0 bridgehead atoms. The number of nitrogens with one attached hydrogen (secondary N) is 2. The molecule has 0 radical (unpaired) electrons. The Kier molecular flexibility index (Phi) is 11.9. The Morgan fingerprint density at radius 1 is 0.727 bits per heavy atom. The van der Waals surface area contributed by atoms with Crippen LogP contribution in [0.15, 0.2) is 78.2 Å². The summed E-state index contributed by atoms with van der Waals surface area (Å²) in [5.74, 6) is 4.84. The summed E-state index contributed by atoms with van der Waals surface area (Å²) in [6.07, 6.45) is 0.712. The maximum absolute atomic E-state index is 12.8. The van der Waals surface area contributed by atoms with Gasteiger partial charge in [-0.05, 0) is 66.6 Å². The third-order valence-electron chi connectivity index (χ3n) is 9.19. The topological polar surface area (TPSA) is 146 Å². The molecule has 4 aromatic rings. The summed E-state index contributed by atoms with van der Waals surface area (Å²) in [6.45, 7) is 4.49. The second-order valence-corrected chi connectivity index (χ2v) is 12.5. The van der Waals surface area contributed by atoms with Crippen LogP contribution in [0, 0.1) is 0 Å². The number of carbonyl (C=O) groups excluding carboxylic acids is 1. The Hall–Kier alpha value is -6.44. The van der Waals surface area contributed by atoms with Gasteiger partial charge in [0.1, 0.15) is 11.9 Å². The Morgan fingerprint density at radius 2 is 1.38 bits per heavy atom. The molecular formula is C41H45N3O11. The number of oxime groups is 1. The fourth-order valence-electron chi connectivity index (χ4n) is 6.32. The maximum atomic E-state index is 12.8. The Morgan fingerprint density at radius 3 is 2.02 bits per heavy atom. The van der Waals surface area contributed by atoms with Gasteiger partial charge >= 0.3 is 0 Å². The number of ether oxygens (including phenoxy) is 9. The molecule has 2 unspecified atom stereocenters. The van der Waals surface area contributed by atoms with Gasteiger partial charge in [0, 0.05) is 29.7 Å². The van der Waals surface area contributed by atoms with E-state index in [0.29, 0.717) is 100 Å². The van der Waals surface area contributed by atoms with Crippen molar-refractivity contribution in [3.63, 3.8) is 0 Å². The standard InChI is InChI=1S/C41H45N3O11/c1-23(10-9-15-53-31-14-11-24(16-33(31)47-3)40-42-29-13-12-27(46-2)21-28(29)41(45)43-40)54-39-36(50-6)19-26(20-37(39)51-7)32-22-30(44-55-32)25-17-34(48-4)38(52-8)35(18-25)49-5/h11-14,16-21,32,40,42H,1,9-10,15,22H2,2-8H3,(H,43,45). The number of carbonyl (C=O) groups is 1. The molecule has 0 saturated heterocycles. The third kappa shape index (κ3) is 8.22. The lowest BCUT2D eigenvalue weighted by atomic mass is 9.99. The van der Waals surface area contributed by atoms with Crippen molar-refractivity contribution in [3.05, 3.63) is 95.3 Å². The molecular weight excluding hydrogens is 710 g/mol. The molecule has 4 aromatic carbocycles. The van der Waals surface area contributed by atoms with Crippen LogP contribution in [-0.4, -0.2) is 68.0 Å². The zero-order chi connectivity index (χ0) is 39.1. The molecule has 1 amide bonds. The van der Waals surface area contributed by atoms with E-state index in [0.717, 1.165) is 16.7 Å². The summed E-state index contributed by atoms with van der Waals surface area (Å²) in [4.78, 5) is 18.7. The number of methoxy groups -OCH3 is 7. The number of hydrogen-bond acceptors (Lipinski definition) is 13. The summed E-state index contributed by atoms with van der Waals surface area (Å²) < 4.78 is 51.1. The second kappa shape index (κ2) is 17.1. The minimum absolute atomic E-state index is 0.203. The minimum atomic E-state index is -0.454. The smallest absolute Gasteiger partial charge is 0.255 e. The molecule has 0 aliphatic carbocycles. The van der Waals surface area contributed by atoms with Gasteiger partial charge in [-0.15, -0.1) is 0 Å². The number of fused-ring (bicyclic) bond motifs is 1. The lowest BCUT2D eigenvalue weighted by molar-refractivity contribution is 0.0853. The third-order valence-corrected chi connectivity index (χ3v) is 9.19. The van der Waals surface area contributed by atoms with Crippen molar-refractivity contribution >= 4 is 17.3 Å². The van der Waals surface area contributed by atoms with Crippen LogP contribution < -0.4 is 53.3 Å². The number of hydrogen-bond donors (Lipinski definition) is 2. The average molecular weight is 756 g/mol. The average Bonchev–Trinajstić information content (AvgIpc) is 3.72. The van der Waals surface area contributed by atoms with Crippen LogP contribution in [0.2, 0.25) is 0 Å². The van der Waals surface area contributed by atoms with Gasteiger partial charge in [-0.2, -0.15) is 0 Å². The predicted octanol–water partition coefficient (Wildman–Crippen LogP) is 7.22. The fraction of sp³-hybridized carbons (Fsp3) is 0.317. The highest BCUT2D eigenvalue weighted by molar-refractivity contribution is 6.03. The van der Waals surface area contributed by atoms with E-state index < -0.39 is 12.3 Å². The zero-order valence-electron chi connectivity index (χ0n) is 31.9. The first-order valence-electron chi connectivity index (χ1n) is 17.4. The number of benzene rings is 4. The molecule has 2 N–H and O–H groups in total. The number of amides is 1. The lowest BCUT2D eigenvalue weighted by Gasteiger charge is -2.28. The molecule has 55 heavy (non-hydrogen) atoms. The highest BCUT2D eigenvalue weighted by Gasteiger charge is 2.29. The van der Waals surface area contributed by atoms with E-state index in [9.17, 15) is 4.79 Å². The van der Waals surface area contributed by atoms with Gasteiger partial charge in [0.25, 0.3) is 5.91 Å². The quantitative estimate of drug-likeness (QED) is 0.0829. The zero-order valence-corrected chi connectivity index (χ0v) is 31.9. The first kappa shape index (κ1) is 38.3. The highest BCUT2D eigenvalue weighted by atomic mass is 16.6. The van der Waals surface area contributed by atoms with Crippen LogP contribution in [0.3, 0.4) is 0 Å². The maximum Gasteiger partial charge on any atom is 0.255 e. The summed E-state index contributed by atoms with van der Waals surface area (Å²) >= 11 is 0. The highest BCUT2D eigenvalue weighted by Crippen LogP contribution is 2.45. The van der Waals surface area contributed by atoms with Crippen LogP contribution in [0.4, 0.5) is 5.69 Å². The molecule has 290 valence electrons. The molecule has 0 fully saturated rings. The van der Waals surface area contributed by atoms with Crippen LogP contribution in [-0.2, 0) is 4.84 Å². The second-order valence-electron chi connectivity index (χ2n) is 12.5. The van der Waals surface area contributed by atoms with E-state index in [1.165, 1.54) is 0 Å². The van der Waals surface area contributed by atoms with Gasteiger partial charge < -0.3 is 58.1 Å². The van der Waals surface area contributed by atoms with Crippen LogP contribution in [0.5, 0.6) is 51.7 Å². The largest absolute Gasteiger partial charge is 0.497 e. The van der Waals surface area contributed by atoms with E-state index in [2.05, 4.69) is 22.4 Å². The summed E-state index contributed by atoms with van der Waals surface area (Å²) in [5.41, 5.74) is 4.32. The van der Waals surface area contributed by atoms with E-state index in [-0.39, 0.29) is 5.91 Å². The van der Waals surface area contributed by atoms with Gasteiger partial charge in [0.15, 0.2) is 40.6 Å². The number of rotatable bonds is 17. The molecule has 2 heterocycles. The van der Waals surface area contributed by atoms with E-state index >= 15 is 0 Å². The number of nitrogens with zero attached hydrogens (tertiary/aromatic N) is 1. The van der Waals surface area contributed by atoms with Crippen LogP contribution in [0.25, 0.3) is 0 Å². The molecule has 2 atom stereocenters. The molecule has 0 spiro atoms. The first-order valence-corrected chi connectivity index (χ1v) is 17.4. The van der Waals surface area contributed by atoms with E-state index in [1.54, 1.807) is 61.9 Å². The predicted molar refractivity (Wildman–Crippen MR) is 205 cm³/mol. The number of anilines is 1. The van der Waals surface area contributed by atoms with Crippen LogP contribution >= 0.6 is 0 Å².